The topological polar surface area (TPSA) is 62.2 Å². The molecule has 3 rings (SSSR count). The van der Waals surface area contributed by atoms with E-state index in [0.29, 0.717) is 45.0 Å². The maximum absolute atomic E-state index is 13.4. The molecule has 0 saturated heterocycles. The fourth-order valence-corrected chi connectivity index (χ4v) is 4.95. The summed E-state index contributed by atoms with van der Waals surface area (Å²) in [6, 6.07) is 7.75. The van der Waals surface area contributed by atoms with Crippen LogP contribution in [0.2, 0.25) is 0 Å². The zero-order valence-corrected chi connectivity index (χ0v) is 19.9. The molecule has 0 unspecified atom stereocenters. The average molecular weight is 477 g/mol. The van der Waals surface area contributed by atoms with E-state index in [-0.39, 0.29) is 24.3 Å². The Morgan fingerprint density at radius 1 is 1.39 bits per heavy atom. The summed E-state index contributed by atoms with van der Waals surface area (Å²) in [5, 5.41) is 12.4. The second-order valence-corrected chi connectivity index (χ2v) is 9.17. The van der Waals surface area contributed by atoms with Crippen LogP contribution in [-0.2, 0) is 16.0 Å². The van der Waals surface area contributed by atoms with Crippen molar-refractivity contribution >= 4 is 17.2 Å². The van der Waals surface area contributed by atoms with Crippen LogP contribution in [0.1, 0.15) is 29.3 Å². The van der Waals surface area contributed by atoms with Crippen molar-refractivity contribution in [1.29, 1.82) is 0 Å². The Balaban J connectivity index is 1.69. The molecule has 2 heterocycles. The van der Waals surface area contributed by atoms with Crippen molar-refractivity contribution in [2.24, 2.45) is 0 Å². The Hall–Kier alpha value is -2.26. The number of aliphatic hydroxyl groups excluding tert-OH is 1. The largest absolute Gasteiger partial charge is 0.491 e. The van der Waals surface area contributed by atoms with Gasteiger partial charge in [-0.2, -0.15) is 0 Å². The van der Waals surface area contributed by atoms with E-state index in [9.17, 15) is 14.3 Å². The molecule has 0 bridgehead atoms. The summed E-state index contributed by atoms with van der Waals surface area (Å²) < 4.78 is 24.4. The maximum atomic E-state index is 13.4. The molecule has 0 saturated carbocycles. The highest BCUT2D eigenvalue weighted by molar-refractivity contribution is 7.10. The van der Waals surface area contributed by atoms with E-state index < -0.39 is 6.10 Å². The minimum absolute atomic E-state index is 0.00780. The third-order valence-corrected chi connectivity index (χ3v) is 6.78. The van der Waals surface area contributed by atoms with Crippen molar-refractivity contribution in [3.8, 4) is 5.75 Å². The quantitative estimate of drug-likeness (QED) is 0.447. The molecular weight excluding hydrogens is 443 g/mol. The molecule has 1 N–H and O–H groups in total. The number of hydrogen-bond acceptors (Lipinski definition) is 6. The summed E-state index contributed by atoms with van der Waals surface area (Å²) in [7, 11) is 1.62. The first-order valence-corrected chi connectivity index (χ1v) is 12.1. The lowest BCUT2D eigenvalue weighted by atomic mass is 10.0. The standard InChI is InChI=1S/C25H33FN2O4S/c1-3-4-5-20(29)16-27(13-14-31-2)17-25(30)28-12-10-24-22(11-15-33-24)23(28)18-32-21-8-6-19(26)7-9-21/h3,6-9,11,15,20,23,29H,1,4-5,10,12-14,16-18H2,2H3/t20-,23-/m1/s1. The Morgan fingerprint density at radius 3 is 2.91 bits per heavy atom. The highest BCUT2D eigenvalue weighted by Crippen LogP contribution is 2.34. The molecule has 8 heteroatoms. The number of amides is 1. The third-order valence-electron chi connectivity index (χ3n) is 5.78. The highest BCUT2D eigenvalue weighted by Gasteiger charge is 2.33. The van der Waals surface area contributed by atoms with Crippen molar-refractivity contribution in [2.45, 2.75) is 31.4 Å². The van der Waals surface area contributed by atoms with Gasteiger partial charge < -0.3 is 19.5 Å². The number of hydrogen-bond donors (Lipinski definition) is 1. The molecule has 1 aliphatic heterocycles. The first kappa shape index (κ1) is 25.4. The van der Waals surface area contributed by atoms with E-state index in [1.54, 1.807) is 36.7 Å². The van der Waals surface area contributed by atoms with Crippen LogP contribution in [-0.4, -0.2) is 73.4 Å². The molecule has 0 aliphatic carbocycles. The van der Waals surface area contributed by atoms with Gasteiger partial charge in [-0.25, -0.2) is 4.39 Å². The number of halogens is 1. The molecule has 0 radical (unpaired) electrons. The summed E-state index contributed by atoms with van der Waals surface area (Å²) >= 11 is 1.70. The molecular formula is C25H33FN2O4S. The second kappa shape index (κ2) is 12.8. The van der Waals surface area contributed by atoms with Gasteiger partial charge >= 0.3 is 0 Å². The van der Waals surface area contributed by atoms with E-state index in [0.717, 1.165) is 18.4 Å². The minimum atomic E-state index is -0.532. The van der Waals surface area contributed by atoms with E-state index in [1.807, 2.05) is 15.2 Å². The normalized spacial score (nSPS) is 16.5. The smallest absolute Gasteiger partial charge is 0.237 e. The lowest BCUT2D eigenvalue weighted by Gasteiger charge is -2.37. The summed E-state index contributed by atoms with van der Waals surface area (Å²) in [4.78, 5) is 18.5. The maximum Gasteiger partial charge on any atom is 0.237 e. The van der Waals surface area contributed by atoms with Gasteiger partial charge in [-0.1, -0.05) is 6.08 Å². The van der Waals surface area contributed by atoms with Gasteiger partial charge in [-0.3, -0.25) is 9.69 Å². The van der Waals surface area contributed by atoms with Gasteiger partial charge in [0, 0.05) is 31.6 Å². The highest BCUT2D eigenvalue weighted by atomic mass is 32.1. The van der Waals surface area contributed by atoms with Gasteiger partial charge in [0.2, 0.25) is 5.91 Å². The molecule has 1 aromatic heterocycles. The number of methoxy groups -OCH3 is 1. The summed E-state index contributed by atoms with van der Waals surface area (Å²) in [6.07, 6.45) is 3.40. The molecule has 0 spiro atoms. The Kier molecular flexibility index (Phi) is 9.87. The molecule has 33 heavy (non-hydrogen) atoms. The summed E-state index contributed by atoms with van der Waals surface area (Å²) in [5.74, 6) is 0.244. The molecule has 0 fully saturated rings. The fourth-order valence-electron chi connectivity index (χ4n) is 4.02. The number of benzene rings is 1. The van der Waals surface area contributed by atoms with Gasteiger partial charge in [0.05, 0.1) is 25.3 Å². The summed E-state index contributed by atoms with van der Waals surface area (Å²) in [6.45, 7) is 6.24. The molecule has 2 aromatic rings. The van der Waals surface area contributed by atoms with Gasteiger partial charge in [-0.05, 0) is 60.5 Å². The monoisotopic (exact) mass is 476 g/mol. The van der Waals surface area contributed by atoms with Crippen molar-refractivity contribution in [3.05, 3.63) is 64.6 Å². The number of thiophene rings is 1. The number of carbonyl (C=O) groups is 1. The number of fused-ring (bicyclic) bond motifs is 1. The molecule has 1 amide bonds. The zero-order valence-electron chi connectivity index (χ0n) is 19.1. The minimum Gasteiger partial charge on any atom is -0.491 e. The Labute approximate surface area is 199 Å². The SMILES string of the molecule is C=CCC[C@@H](O)CN(CCOC)CC(=O)N1CCc2sccc2[C@H]1COc1ccc(F)cc1. The van der Waals surface area contributed by atoms with Crippen LogP contribution < -0.4 is 4.74 Å². The third kappa shape index (κ3) is 7.37. The molecule has 2 atom stereocenters. The van der Waals surface area contributed by atoms with Gasteiger partial charge in [0.1, 0.15) is 18.2 Å². The van der Waals surface area contributed by atoms with Crippen LogP contribution in [0.4, 0.5) is 4.39 Å². The van der Waals surface area contributed by atoms with Crippen molar-refractivity contribution in [2.75, 3.05) is 46.5 Å². The van der Waals surface area contributed by atoms with Crippen LogP contribution in [0.3, 0.4) is 0 Å². The first-order valence-electron chi connectivity index (χ1n) is 11.3. The second-order valence-electron chi connectivity index (χ2n) is 8.16. The molecule has 1 aliphatic rings. The van der Waals surface area contributed by atoms with Crippen molar-refractivity contribution in [1.82, 2.24) is 9.80 Å². The van der Waals surface area contributed by atoms with Gasteiger partial charge in [0.15, 0.2) is 0 Å². The lowest BCUT2D eigenvalue weighted by molar-refractivity contribution is -0.136. The van der Waals surface area contributed by atoms with Crippen molar-refractivity contribution < 1.29 is 23.8 Å². The molecule has 6 nitrogen and oxygen atoms in total. The summed E-state index contributed by atoms with van der Waals surface area (Å²) in [5.41, 5.74) is 1.11. The Morgan fingerprint density at radius 2 is 2.18 bits per heavy atom. The fraction of sp³-hybridized carbons (Fsp3) is 0.480. The Bertz CT molecular complexity index is 889. The van der Waals surface area contributed by atoms with E-state index in [2.05, 4.69) is 12.6 Å². The van der Waals surface area contributed by atoms with Gasteiger partial charge in [0.25, 0.3) is 0 Å². The number of carbonyl (C=O) groups excluding carboxylic acids is 1. The zero-order chi connectivity index (χ0) is 23.6. The van der Waals surface area contributed by atoms with Crippen LogP contribution in [0, 0.1) is 5.82 Å². The van der Waals surface area contributed by atoms with E-state index in [1.165, 1.54) is 17.0 Å². The van der Waals surface area contributed by atoms with E-state index in [4.69, 9.17) is 9.47 Å². The number of rotatable bonds is 13. The average Bonchev–Trinajstić information content (AvgIpc) is 3.29. The molecule has 1 aromatic carbocycles. The number of allylic oxidation sites excluding steroid dienone is 1. The lowest BCUT2D eigenvalue weighted by Crippen LogP contribution is -2.48. The van der Waals surface area contributed by atoms with Crippen LogP contribution in [0.15, 0.2) is 48.4 Å². The predicted molar refractivity (Wildman–Crippen MR) is 128 cm³/mol. The number of nitrogens with zero attached hydrogens (tertiary/aromatic N) is 2. The van der Waals surface area contributed by atoms with Gasteiger partial charge in [-0.15, -0.1) is 17.9 Å². The molecule has 180 valence electrons. The van der Waals surface area contributed by atoms with Crippen LogP contribution >= 0.6 is 11.3 Å². The van der Waals surface area contributed by atoms with Crippen LogP contribution in [0.25, 0.3) is 0 Å². The number of ether oxygens (including phenoxy) is 2. The first-order chi connectivity index (χ1) is 16.0. The predicted octanol–water partition coefficient (Wildman–Crippen LogP) is 3.67. The number of aliphatic hydroxyl groups is 1. The van der Waals surface area contributed by atoms with E-state index >= 15 is 0 Å². The van der Waals surface area contributed by atoms with Crippen molar-refractivity contribution in [3.63, 3.8) is 0 Å². The van der Waals surface area contributed by atoms with Crippen LogP contribution in [0.5, 0.6) is 5.75 Å².